The van der Waals surface area contributed by atoms with Gasteiger partial charge in [-0.05, 0) is 24.1 Å². The van der Waals surface area contributed by atoms with Crippen molar-refractivity contribution >= 4 is 11.0 Å². The second-order valence-electron chi connectivity index (χ2n) is 7.59. The summed E-state index contributed by atoms with van der Waals surface area (Å²) in [6.07, 6.45) is 5.35. The van der Waals surface area contributed by atoms with Crippen LogP contribution in [0.5, 0.6) is 0 Å². The molecule has 0 fully saturated rings. The molecule has 5 nitrogen and oxygen atoms in total. The lowest BCUT2D eigenvalue weighted by molar-refractivity contribution is 0.240. The molecule has 2 aromatic heterocycles. The van der Waals surface area contributed by atoms with Gasteiger partial charge in [0, 0.05) is 55.0 Å². The van der Waals surface area contributed by atoms with E-state index in [0.717, 1.165) is 48.6 Å². The van der Waals surface area contributed by atoms with Crippen molar-refractivity contribution in [2.45, 2.75) is 52.6 Å². The zero-order chi connectivity index (χ0) is 19.0. The highest BCUT2D eigenvalue weighted by molar-refractivity contribution is 5.77. The highest BCUT2D eigenvalue weighted by Crippen LogP contribution is 2.21. The molecule has 1 aliphatic heterocycles. The van der Waals surface area contributed by atoms with Gasteiger partial charge in [-0.3, -0.25) is 9.69 Å². The van der Waals surface area contributed by atoms with Crippen LogP contribution in [0.3, 0.4) is 0 Å². The molecular formula is C22H25N3O2. The van der Waals surface area contributed by atoms with Crippen molar-refractivity contribution in [2.24, 2.45) is 0 Å². The Morgan fingerprint density at radius 3 is 2.93 bits per heavy atom. The maximum absolute atomic E-state index is 12.9. The molecule has 0 saturated heterocycles. The Kier molecular flexibility index (Phi) is 4.79. The molecule has 27 heavy (non-hydrogen) atoms. The molecule has 0 spiro atoms. The molecule has 4 rings (SSSR count). The molecule has 0 amide bonds. The predicted molar refractivity (Wildman–Crippen MR) is 106 cm³/mol. The van der Waals surface area contributed by atoms with Gasteiger partial charge >= 0.3 is 0 Å². The van der Waals surface area contributed by atoms with Gasteiger partial charge in [0.25, 0.3) is 0 Å². The van der Waals surface area contributed by atoms with Crippen LogP contribution in [-0.4, -0.2) is 21.4 Å². The van der Waals surface area contributed by atoms with Crippen molar-refractivity contribution in [2.75, 3.05) is 6.54 Å². The first-order valence-electron chi connectivity index (χ1n) is 9.65. The number of hydrogen-bond donors (Lipinski definition) is 0. The number of aromatic nitrogens is 2. The number of fused-ring (bicyclic) bond motifs is 2. The van der Waals surface area contributed by atoms with E-state index in [9.17, 15) is 4.79 Å². The van der Waals surface area contributed by atoms with Gasteiger partial charge in [0.15, 0.2) is 5.43 Å². The Morgan fingerprint density at radius 1 is 1.30 bits per heavy atom. The fourth-order valence-electron chi connectivity index (χ4n) is 3.59. The molecule has 3 heterocycles. The van der Waals surface area contributed by atoms with Crippen molar-refractivity contribution in [1.82, 2.24) is 14.9 Å². The van der Waals surface area contributed by atoms with E-state index in [1.807, 2.05) is 24.4 Å². The van der Waals surface area contributed by atoms with Crippen molar-refractivity contribution in [3.63, 3.8) is 0 Å². The Balaban J connectivity index is 1.58. The van der Waals surface area contributed by atoms with Crippen molar-refractivity contribution < 1.29 is 4.42 Å². The van der Waals surface area contributed by atoms with E-state index in [2.05, 4.69) is 30.7 Å². The van der Waals surface area contributed by atoms with Gasteiger partial charge in [0.1, 0.15) is 11.4 Å². The minimum absolute atomic E-state index is 0.0729. The summed E-state index contributed by atoms with van der Waals surface area (Å²) >= 11 is 0. The lowest BCUT2D eigenvalue weighted by atomic mass is 10.0. The third-order valence-corrected chi connectivity index (χ3v) is 5.26. The van der Waals surface area contributed by atoms with Crippen LogP contribution in [0, 0.1) is 0 Å². The minimum atomic E-state index is 0.0729. The standard InChI is InChI=1S/C22H25N3O2/c1-4-15-5-6-20-18(9-15)21(26)17(13-27-20)12-25-8-7-19-16(11-25)10-23-22(24-19)14(2)3/h5-6,9-10,13-14H,4,7-8,11-12H2,1-3H3. The van der Waals surface area contributed by atoms with Gasteiger partial charge in [-0.25, -0.2) is 9.97 Å². The van der Waals surface area contributed by atoms with Gasteiger partial charge in [-0.1, -0.05) is 26.8 Å². The van der Waals surface area contributed by atoms with Crippen LogP contribution in [0.1, 0.15) is 54.9 Å². The zero-order valence-corrected chi connectivity index (χ0v) is 16.2. The smallest absolute Gasteiger partial charge is 0.197 e. The van der Waals surface area contributed by atoms with E-state index in [-0.39, 0.29) is 5.43 Å². The molecular weight excluding hydrogens is 338 g/mol. The summed E-state index contributed by atoms with van der Waals surface area (Å²) < 4.78 is 5.72. The van der Waals surface area contributed by atoms with Crippen LogP contribution in [0.25, 0.3) is 11.0 Å². The van der Waals surface area contributed by atoms with Gasteiger partial charge in [-0.2, -0.15) is 0 Å². The Morgan fingerprint density at radius 2 is 2.15 bits per heavy atom. The van der Waals surface area contributed by atoms with Gasteiger partial charge < -0.3 is 4.42 Å². The van der Waals surface area contributed by atoms with Crippen LogP contribution >= 0.6 is 0 Å². The molecule has 0 N–H and O–H groups in total. The molecule has 3 aromatic rings. The average Bonchev–Trinajstić information content (AvgIpc) is 2.69. The summed E-state index contributed by atoms with van der Waals surface area (Å²) in [6.45, 7) is 8.54. The second kappa shape index (κ2) is 7.24. The fraction of sp³-hybridized carbons (Fsp3) is 0.409. The van der Waals surface area contributed by atoms with Gasteiger partial charge in [0.2, 0.25) is 0 Å². The zero-order valence-electron chi connectivity index (χ0n) is 16.2. The first-order chi connectivity index (χ1) is 13.0. The highest BCUT2D eigenvalue weighted by atomic mass is 16.3. The van der Waals surface area contributed by atoms with Crippen LogP contribution in [0.15, 0.2) is 39.9 Å². The molecule has 0 radical (unpaired) electrons. The molecule has 140 valence electrons. The molecule has 0 unspecified atom stereocenters. The van der Waals surface area contributed by atoms with E-state index in [1.165, 1.54) is 0 Å². The summed E-state index contributed by atoms with van der Waals surface area (Å²) in [5.41, 5.74) is 4.88. The van der Waals surface area contributed by atoms with Crippen molar-refractivity contribution in [3.05, 3.63) is 69.1 Å². The first-order valence-corrected chi connectivity index (χ1v) is 9.65. The van der Waals surface area contributed by atoms with Crippen molar-refractivity contribution in [3.8, 4) is 0 Å². The molecule has 5 heteroatoms. The number of nitrogens with zero attached hydrogens (tertiary/aromatic N) is 3. The van der Waals surface area contributed by atoms with Gasteiger partial charge in [-0.15, -0.1) is 0 Å². The van der Waals surface area contributed by atoms with Crippen LogP contribution in [0.4, 0.5) is 0 Å². The molecule has 1 aliphatic rings. The van der Waals surface area contributed by atoms with E-state index in [0.29, 0.717) is 29.0 Å². The van der Waals surface area contributed by atoms with Crippen molar-refractivity contribution in [1.29, 1.82) is 0 Å². The molecule has 0 bridgehead atoms. The Labute approximate surface area is 159 Å². The summed E-state index contributed by atoms with van der Waals surface area (Å²) in [7, 11) is 0. The maximum atomic E-state index is 12.9. The normalized spacial score (nSPS) is 14.7. The second-order valence-corrected chi connectivity index (χ2v) is 7.59. The van der Waals surface area contributed by atoms with Gasteiger partial charge in [0.05, 0.1) is 11.6 Å². The quantitative estimate of drug-likeness (QED) is 0.705. The fourth-order valence-corrected chi connectivity index (χ4v) is 3.59. The van der Waals surface area contributed by atoms with Crippen LogP contribution in [0.2, 0.25) is 0 Å². The predicted octanol–water partition coefficient (Wildman–Crippen LogP) is 3.83. The number of hydrogen-bond acceptors (Lipinski definition) is 5. The minimum Gasteiger partial charge on any atom is -0.464 e. The third kappa shape index (κ3) is 3.52. The summed E-state index contributed by atoms with van der Waals surface area (Å²) in [4.78, 5) is 24.4. The first kappa shape index (κ1) is 17.9. The van der Waals surface area contributed by atoms with E-state index >= 15 is 0 Å². The number of benzene rings is 1. The largest absolute Gasteiger partial charge is 0.464 e. The topological polar surface area (TPSA) is 59.2 Å². The van der Waals surface area contributed by atoms with E-state index < -0.39 is 0 Å². The van der Waals surface area contributed by atoms with Crippen LogP contribution in [-0.2, 0) is 25.9 Å². The highest BCUT2D eigenvalue weighted by Gasteiger charge is 2.20. The Hall–Kier alpha value is -2.53. The number of rotatable bonds is 4. The lowest BCUT2D eigenvalue weighted by Crippen LogP contribution is -2.32. The summed E-state index contributed by atoms with van der Waals surface area (Å²) in [6, 6.07) is 5.86. The van der Waals surface area contributed by atoms with Crippen LogP contribution < -0.4 is 5.43 Å². The maximum Gasteiger partial charge on any atom is 0.197 e. The Bertz CT molecular complexity index is 1040. The SMILES string of the molecule is CCc1ccc2occ(CN3CCc4nc(C(C)C)ncc4C3)c(=O)c2c1. The lowest BCUT2D eigenvalue weighted by Gasteiger charge is -2.28. The number of aryl methyl sites for hydroxylation is 1. The summed E-state index contributed by atoms with van der Waals surface area (Å²) in [5.74, 6) is 1.24. The van der Waals surface area contributed by atoms with E-state index in [4.69, 9.17) is 9.40 Å². The average molecular weight is 363 g/mol. The van der Waals surface area contributed by atoms with E-state index in [1.54, 1.807) is 6.26 Å². The monoisotopic (exact) mass is 363 g/mol. The molecule has 0 aliphatic carbocycles. The third-order valence-electron chi connectivity index (χ3n) is 5.26. The molecule has 1 aromatic carbocycles. The molecule has 0 atom stereocenters. The summed E-state index contributed by atoms with van der Waals surface area (Å²) in [5, 5.41) is 0.675. The molecule has 0 saturated carbocycles.